The second kappa shape index (κ2) is 4.66. The number of rotatable bonds is 3. The van der Waals surface area contributed by atoms with Crippen molar-refractivity contribution < 1.29 is 0 Å². The third-order valence-corrected chi connectivity index (χ3v) is 2.53. The predicted molar refractivity (Wildman–Crippen MR) is 58.9 cm³/mol. The van der Waals surface area contributed by atoms with Gasteiger partial charge in [0, 0.05) is 5.70 Å². The van der Waals surface area contributed by atoms with Crippen LogP contribution in [0, 0.1) is 11.3 Å². The zero-order valence-electron chi connectivity index (χ0n) is 9.86. The predicted octanol–water partition coefficient (Wildman–Crippen LogP) is 2.82. The molecule has 2 nitrogen and oxygen atoms in total. The molecule has 1 unspecified atom stereocenters. The second-order valence-electron chi connectivity index (χ2n) is 4.74. The highest BCUT2D eigenvalue weighted by Gasteiger charge is 2.23. The van der Waals surface area contributed by atoms with Crippen molar-refractivity contribution in [3.05, 3.63) is 11.3 Å². The van der Waals surface area contributed by atoms with Crippen molar-refractivity contribution in [3.63, 3.8) is 0 Å². The van der Waals surface area contributed by atoms with Crippen LogP contribution in [0.2, 0.25) is 0 Å². The van der Waals surface area contributed by atoms with E-state index < -0.39 is 0 Å². The lowest BCUT2D eigenvalue weighted by Gasteiger charge is -2.30. The van der Waals surface area contributed by atoms with E-state index in [9.17, 15) is 0 Å². The molecule has 0 aliphatic carbocycles. The van der Waals surface area contributed by atoms with E-state index in [1.165, 1.54) is 5.57 Å². The highest BCUT2D eigenvalue weighted by Crippen LogP contribution is 2.34. The Morgan fingerprint density at radius 2 is 1.85 bits per heavy atom. The Labute approximate surface area is 82.6 Å². The smallest absolute Gasteiger partial charge is 0.0228 e. The molecule has 13 heavy (non-hydrogen) atoms. The molecule has 0 amide bonds. The fourth-order valence-electron chi connectivity index (χ4n) is 1.95. The molecule has 0 rings (SSSR count). The summed E-state index contributed by atoms with van der Waals surface area (Å²) in [4.78, 5) is 0. The first-order valence-corrected chi connectivity index (χ1v) is 5.02. The summed E-state index contributed by atoms with van der Waals surface area (Å²) in [6, 6.07) is 0. The lowest BCUT2D eigenvalue weighted by Crippen LogP contribution is -2.27. The molecule has 0 aromatic carbocycles. The third-order valence-electron chi connectivity index (χ3n) is 2.53. The van der Waals surface area contributed by atoms with Crippen LogP contribution in [0.1, 0.15) is 48.0 Å². The zero-order valence-corrected chi connectivity index (χ0v) is 9.86. The Bertz CT molecular complexity index is 187. The lowest BCUT2D eigenvalue weighted by atomic mass is 9.77. The maximum atomic E-state index is 5.45. The third kappa shape index (κ3) is 3.39. The Balaban J connectivity index is 4.99. The van der Waals surface area contributed by atoms with Gasteiger partial charge in [-0.1, -0.05) is 34.6 Å². The van der Waals surface area contributed by atoms with Crippen LogP contribution in [0.5, 0.6) is 0 Å². The van der Waals surface area contributed by atoms with E-state index in [0.717, 1.165) is 12.1 Å². The molecular formula is C11H24N2. The molecule has 0 aromatic rings. The van der Waals surface area contributed by atoms with Gasteiger partial charge in [-0.05, 0) is 30.3 Å². The summed E-state index contributed by atoms with van der Waals surface area (Å²) in [7, 11) is 0. The summed E-state index contributed by atoms with van der Waals surface area (Å²) in [6.07, 6.45) is 1.16. The molecule has 0 heterocycles. The minimum Gasteiger partial charge on any atom is -0.329 e. The fourth-order valence-corrected chi connectivity index (χ4v) is 1.95. The summed E-state index contributed by atoms with van der Waals surface area (Å²) < 4.78 is 0. The molecule has 78 valence electrons. The Morgan fingerprint density at radius 1 is 1.38 bits per heavy atom. The molecule has 1 atom stereocenters. The molecule has 0 aromatic heterocycles. The van der Waals surface area contributed by atoms with E-state index in [-0.39, 0.29) is 5.41 Å². The number of allylic oxidation sites excluding steroid dienone is 2. The van der Waals surface area contributed by atoms with Gasteiger partial charge < -0.3 is 5.43 Å². The van der Waals surface area contributed by atoms with Crippen LogP contribution in [0.4, 0.5) is 0 Å². The van der Waals surface area contributed by atoms with Crippen molar-refractivity contribution in [3.8, 4) is 0 Å². The van der Waals surface area contributed by atoms with Gasteiger partial charge in [0.15, 0.2) is 0 Å². The molecule has 0 radical (unpaired) electrons. The van der Waals surface area contributed by atoms with Crippen LogP contribution in [0.25, 0.3) is 0 Å². The van der Waals surface area contributed by atoms with Gasteiger partial charge in [0.05, 0.1) is 0 Å². The number of hydrogen-bond donors (Lipinski definition) is 2. The number of nitrogens with two attached hydrogens (primary N) is 1. The molecule has 0 aliphatic heterocycles. The molecule has 0 fully saturated rings. The lowest BCUT2D eigenvalue weighted by molar-refractivity contribution is 0.418. The molecule has 2 heteroatoms. The van der Waals surface area contributed by atoms with Crippen molar-refractivity contribution in [1.82, 2.24) is 5.43 Å². The Kier molecular flexibility index (Phi) is 4.48. The maximum absolute atomic E-state index is 5.45. The van der Waals surface area contributed by atoms with Crippen molar-refractivity contribution in [2.75, 3.05) is 0 Å². The molecule has 0 bridgehead atoms. The first-order valence-electron chi connectivity index (χ1n) is 5.02. The molecular weight excluding hydrogens is 160 g/mol. The van der Waals surface area contributed by atoms with E-state index in [1.54, 1.807) is 0 Å². The average Bonchev–Trinajstić information content (AvgIpc) is 2.01. The Morgan fingerprint density at radius 3 is 2.08 bits per heavy atom. The van der Waals surface area contributed by atoms with Gasteiger partial charge in [-0.2, -0.15) is 0 Å². The van der Waals surface area contributed by atoms with E-state index in [1.807, 2.05) is 6.92 Å². The summed E-state index contributed by atoms with van der Waals surface area (Å²) >= 11 is 0. The van der Waals surface area contributed by atoms with Gasteiger partial charge in [0.1, 0.15) is 0 Å². The second-order valence-corrected chi connectivity index (χ2v) is 4.74. The zero-order chi connectivity index (χ0) is 10.6. The highest BCUT2D eigenvalue weighted by atomic mass is 15.2. The topological polar surface area (TPSA) is 38.0 Å². The highest BCUT2D eigenvalue weighted by molar-refractivity contribution is 5.19. The largest absolute Gasteiger partial charge is 0.329 e. The van der Waals surface area contributed by atoms with E-state index in [2.05, 4.69) is 40.0 Å². The van der Waals surface area contributed by atoms with Gasteiger partial charge in [0.25, 0.3) is 0 Å². The molecule has 0 aliphatic rings. The van der Waals surface area contributed by atoms with Crippen molar-refractivity contribution >= 4 is 0 Å². The van der Waals surface area contributed by atoms with Crippen LogP contribution in [-0.4, -0.2) is 0 Å². The fraction of sp³-hybridized carbons (Fsp3) is 0.818. The van der Waals surface area contributed by atoms with E-state index in [4.69, 9.17) is 5.84 Å². The van der Waals surface area contributed by atoms with Gasteiger partial charge >= 0.3 is 0 Å². The molecule has 3 N–H and O–H groups in total. The van der Waals surface area contributed by atoms with Gasteiger partial charge in [0.2, 0.25) is 0 Å². The molecule has 0 saturated heterocycles. The monoisotopic (exact) mass is 184 g/mol. The van der Waals surface area contributed by atoms with E-state index in [0.29, 0.717) is 5.92 Å². The van der Waals surface area contributed by atoms with Gasteiger partial charge in [-0.25, -0.2) is 0 Å². The first-order chi connectivity index (χ1) is 5.84. The van der Waals surface area contributed by atoms with Crippen LogP contribution >= 0.6 is 0 Å². The summed E-state index contributed by atoms with van der Waals surface area (Å²) in [5, 5.41) is 0. The van der Waals surface area contributed by atoms with E-state index >= 15 is 0 Å². The number of hydrazine groups is 1. The first kappa shape index (κ1) is 12.5. The van der Waals surface area contributed by atoms with Crippen LogP contribution in [-0.2, 0) is 0 Å². The maximum Gasteiger partial charge on any atom is 0.0228 e. The average molecular weight is 184 g/mol. The van der Waals surface area contributed by atoms with Gasteiger partial charge in [-0.15, -0.1) is 0 Å². The minimum atomic E-state index is 0.200. The van der Waals surface area contributed by atoms with Crippen molar-refractivity contribution in [2.24, 2.45) is 17.2 Å². The Hall–Kier alpha value is -0.500. The van der Waals surface area contributed by atoms with Crippen molar-refractivity contribution in [1.29, 1.82) is 0 Å². The summed E-state index contributed by atoms with van der Waals surface area (Å²) in [6.45, 7) is 13.2. The van der Waals surface area contributed by atoms with Crippen LogP contribution < -0.4 is 11.3 Å². The SMILES string of the molecule is CCC(C)/C(=C(/C)NN)C(C)(C)C. The normalized spacial score (nSPS) is 16.5. The summed E-state index contributed by atoms with van der Waals surface area (Å²) in [5.41, 5.74) is 5.51. The number of nitrogens with one attached hydrogen (secondary N) is 1. The van der Waals surface area contributed by atoms with Crippen LogP contribution in [0.15, 0.2) is 11.3 Å². The summed E-state index contributed by atoms with van der Waals surface area (Å²) in [5.74, 6) is 6.05. The minimum absolute atomic E-state index is 0.200. The quantitative estimate of drug-likeness (QED) is 0.523. The number of hydrogen-bond acceptors (Lipinski definition) is 2. The van der Waals surface area contributed by atoms with Crippen molar-refractivity contribution in [2.45, 2.75) is 48.0 Å². The standard InChI is InChI=1S/C11H24N2/c1-7-8(2)10(9(3)13-12)11(4,5)6/h8,13H,7,12H2,1-6H3/b10-9+. The van der Waals surface area contributed by atoms with Crippen LogP contribution in [0.3, 0.4) is 0 Å². The van der Waals surface area contributed by atoms with Gasteiger partial charge in [-0.3, -0.25) is 5.84 Å². The molecule has 0 spiro atoms. The molecule has 0 saturated carbocycles.